The number of nitrogens with zero attached hydrogens (tertiary/aromatic N) is 2. The number of nitro benzene ring substituents is 2. The fourth-order valence-electron chi connectivity index (χ4n) is 1.30. The van der Waals surface area contributed by atoms with Gasteiger partial charge in [-0.15, -0.1) is 0 Å². The zero-order chi connectivity index (χ0) is 15.4. The molecular formula is C10H6N2O8. The van der Waals surface area contributed by atoms with E-state index in [0.717, 1.165) is 12.1 Å². The van der Waals surface area contributed by atoms with Crippen LogP contribution in [0.15, 0.2) is 23.8 Å². The third-order valence-electron chi connectivity index (χ3n) is 2.18. The van der Waals surface area contributed by atoms with Crippen molar-refractivity contribution in [3.05, 3.63) is 49.6 Å². The molecule has 2 N–H and O–H groups in total. The van der Waals surface area contributed by atoms with Crippen LogP contribution >= 0.6 is 0 Å². The Balaban J connectivity index is 3.49. The van der Waals surface area contributed by atoms with Gasteiger partial charge in [-0.3, -0.25) is 20.2 Å². The molecule has 10 heteroatoms. The Morgan fingerprint density at radius 2 is 1.60 bits per heavy atom. The van der Waals surface area contributed by atoms with Crippen LogP contribution in [0.3, 0.4) is 0 Å². The minimum Gasteiger partial charge on any atom is -0.477 e. The maximum absolute atomic E-state index is 10.8. The van der Waals surface area contributed by atoms with Gasteiger partial charge in [-0.2, -0.15) is 0 Å². The van der Waals surface area contributed by atoms with Gasteiger partial charge in [-0.05, 0) is 12.1 Å². The van der Waals surface area contributed by atoms with Crippen LogP contribution in [0.4, 0.5) is 11.4 Å². The number of rotatable bonds is 5. The molecule has 0 heterocycles. The molecule has 0 bridgehead atoms. The van der Waals surface area contributed by atoms with Crippen molar-refractivity contribution in [2.75, 3.05) is 0 Å². The van der Waals surface area contributed by atoms with E-state index in [1.54, 1.807) is 0 Å². The molecule has 20 heavy (non-hydrogen) atoms. The summed E-state index contributed by atoms with van der Waals surface area (Å²) in [6, 6.07) is 2.43. The van der Waals surface area contributed by atoms with Crippen molar-refractivity contribution in [2.24, 2.45) is 0 Å². The standard InChI is InChI=1S/C10H6N2O8/c13-9(14)7(10(15)16)3-5-1-2-6(11(17)18)4-8(5)12(19)20/h1-4H,(H,13,14)(H,15,16). The van der Waals surface area contributed by atoms with Gasteiger partial charge in [0.05, 0.1) is 21.5 Å². The monoisotopic (exact) mass is 282 g/mol. The maximum Gasteiger partial charge on any atom is 0.343 e. The highest BCUT2D eigenvalue weighted by molar-refractivity contribution is 6.16. The SMILES string of the molecule is O=C(O)C(=Cc1ccc([N+](=O)[O-])cc1[N+](=O)[O-])C(=O)O. The van der Waals surface area contributed by atoms with E-state index >= 15 is 0 Å². The van der Waals surface area contributed by atoms with Gasteiger partial charge in [-0.25, -0.2) is 9.59 Å². The van der Waals surface area contributed by atoms with E-state index in [4.69, 9.17) is 10.2 Å². The summed E-state index contributed by atoms with van der Waals surface area (Å²) in [7, 11) is 0. The molecule has 0 aromatic heterocycles. The van der Waals surface area contributed by atoms with Crippen LogP contribution in [0.25, 0.3) is 6.08 Å². The van der Waals surface area contributed by atoms with Crippen LogP contribution in [-0.4, -0.2) is 32.0 Å². The topological polar surface area (TPSA) is 161 Å². The molecule has 0 saturated heterocycles. The van der Waals surface area contributed by atoms with E-state index in [1.807, 2.05) is 0 Å². The van der Waals surface area contributed by atoms with Crippen LogP contribution in [0, 0.1) is 20.2 Å². The Morgan fingerprint density at radius 3 is 2.00 bits per heavy atom. The first kappa shape index (κ1) is 14.8. The van der Waals surface area contributed by atoms with Crippen LogP contribution in [0.5, 0.6) is 0 Å². The quantitative estimate of drug-likeness (QED) is 0.266. The molecule has 0 radical (unpaired) electrons. The lowest BCUT2D eigenvalue weighted by Gasteiger charge is -1.99. The van der Waals surface area contributed by atoms with Crippen molar-refractivity contribution in [1.82, 2.24) is 0 Å². The number of nitro groups is 2. The van der Waals surface area contributed by atoms with Crippen molar-refractivity contribution in [3.8, 4) is 0 Å². The molecule has 0 atom stereocenters. The molecule has 0 fully saturated rings. The molecule has 1 aromatic carbocycles. The zero-order valence-electron chi connectivity index (χ0n) is 9.55. The molecule has 0 saturated carbocycles. The highest BCUT2D eigenvalue weighted by atomic mass is 16.6. The van der Waals surface area contributed by atoms with Gasteiger partial charge in [0.15, 0.2) is 0 Å². The van der Waals surface area contributed by atoms with Crippen LogP contribution in [0.1, 0.15) is 5.56 Å². The number of hydrogen-bond donors (Lipinski definition) is 2. The molecule has 0 aliphatic heterocycles. The molecule has 10 nitrogen and oxygen atoms in total. The molecular weight excluding hydrogens is 276 g/mol. The highest BCUT2D eigenvalue weighted by Crippen LogP contribution is 2.26. The lowest BCUT2D eigenvalue weighted by atomic mass is 10.1. The summed E-state index contributed by atoms with van der Waals surface area (Å²) in [6.45, 7) is 0. The third kappa shape index (κ3) is 3.13. The Hall–Kier alpha value is -3.30. The number of aliphatic carboxylic acids is 2. The zero-order valence-corrected chi connectivity index (χ0v) is 9.55. The van der Waals surface area contributed by atoms with Crippen molar-refractivity contribution >= 4 is 29.4 Å². The smallest absolute Gasteiger partial charge is 0.343 e. The summed E-state index contributed by atoms with van der Waals surface area (Å²) in [5.74, 6) is -3.57. The van der Waals surface area contributed by atoms with Gasteiger partial charge in [0, 0.05) is 6.07 Å². The lowest BCUT2D eigenvalue weighted by Crippen LogP contribution is -2.11. The maximum atomic E-state index is 10.8. The van der Waals surface area contributed by atoms with E-state index < -0.39 is 38.7 Å². The minimum atomic E-state index is -1.79. The molecule has 0 aliphatic rings. The lowest BCUT2D eigenvalue weighted by molar-refractivity contribution is -0.394. The molecule has 0 amide bonds. The Labute approximate surface area is 109 Å². The second kappa shape index (κ2) is 5.56. The molecule has 104 valence electrons. The van der Waals surface area contributed by atoms with Crippen LogP contribution < -0.4 is 0 Å². The second-order valence-corrected chi connectivity index (χ2v) is 3.43. The average molecular weight is 282 g/mol. The van der Waals surface area contributed by atoms with Gasteiger partial charge in [0.2, 0.25) is 0 Å². The molecule has 0 unspecified atom stereocenters. The third-order valence-corrected chi connectivity index (χ3v) is 2.18. The normalized spacial score (nSPS) is 9.60. The van der Waals surface area contributed by atoms with Crippen molar-refractivity contribution < 1.29 is 29.6 Å². The first-order valence-corrected chi connectivity index (χ1v) is 4.85. The largest absolute Gasteiger partial charge is 0.477 e. The van der Waals surface area contributed by atoms with E-state index in [-0.39, 0.29) is 5.56 Å². The summed E-state index contributed by atoms with van der Waals surface area (Å²) in [4.78, 5) is 40.8. The fourth-order valence-corrected chi connectivity index (χ4v) is 1.30. The van der Waals surface area contributed by atoms with Crippen molar-refractivity contribution in [2.45, 2.75) is 0 Å². The van der Waals surface area contributed by atoms with Gasteiger partial charge < -0.3 is 10.2 Å². The number of carboxylic acid groups (broad SMARTS) is 2. The summed E-state index contributed by atoms with van der Waals surface area (Å²) < 4.78 is 0. The van der Waals surface area contributed by atoms with E-state index in [2.05, 4.69) is 0 Å². The molecule has 0 spiro atoms. The molecule has 1 aromatic rings. The first-order valence-electron chi connectivity index (χ1n) is 4.85. The minimum absolute atomic E-state index is 0.361. The van der Waals surface area contributed by atoms with E-state index in [1.165, 1.54) is 0 Å². The van der Waals surface area contributed by atoms with Gasteiger partial charge in [0.25, 0.3) is 11.4 Å². The fraction of sp³-hybridized carbons (Fsp3) is 0. The van der Waals surface area contributed by atoms with Gasteiger partial charge in [-0.1, -0.05) is 0 Å². The highest BCUT2D eigenvalue weighted by Gasteiger charge is 2.22. The Morgan fingerprint density at radius 1 is 1.05 bits per heavy atom. The van der Waals surface area contributed by atoms with E-state index in [9.17, 15) is 29.8 Å². The van der Waals surface area contributed by atoms with Crippen LogP contribution in [-0.2, 0) is 9.59 Å². The Kier molecular flexibility index (Phi) is 4.10. The average Bonchev–Trinajstić information content (AvgIpc) is 2.34. The predicted octanol–water partition coefficient (Wildman–Crippen LogP) is 1.06. The number of hydrogen-bond acceptors (Lipinski definition) is 6. The van der Waals surface area contributed by atoms with E-state index in [0.29, 0.717) is 12.1 Å². The predicted molar refractivity (Wildman–Crippen MR) is 63.0 cm³/mol. The number of carboxylic acids is 2. The summed E-state index contributed by atoms with van der Waals surface area (Å²) >= 11 is 0. The van der Waals surface area contributed by atoms with Gasteiger partial charge in [0.1, 0.15) is 5.57 Å². The van der Waals surface area contributed by atoms with Crippen molar-refractivity contribution in [1.29, 1.82) is 0 Å². The first-order chi connectivity index (χ1) is 9.23. The van der Waals surface area contributed by atoms with Crippen LogP contribution in [0.2, 0.25) is 0 Å². The molecule has 0 aliphatic carbocycles. The van der Waals surface area contributed by atoms with Crippen molar-refractivity contribution in [3.63, 3.8) is 0 Å². The second-order valence-electron chi connectivity index (χ2n) is 3.43. The summed E-state index contributed by atoms with van der Waals surface area (Å²) in [5, 5.41) is 38.6. The molecule has 1 rings (SSSR count). The van der Waals surface area contributed by atoms with Gasteiger partial charge >= 0.3 is 11.9 Å². The number of non-ortho nitro benzene ring substituents is 1. The number of benzene rings is 1. The Bertz CT molecular complexity index is 633. The summed E-state index contributed by atoms with van der Waals surface area (Å²) in [6.07, 6.45) is 0.562. The number of carbonyl (C=O) groups is 2. The summed E-state index contributed by atoms with van der Waals surface area (Å²) in [5.41, 5.74) is -2.79.